The van der Waals surface area contributed by atoms with Crippen LogP contribution in [0, 0.1) is 5.41 Å². The SMILES string of the molecule is CC/C=C\C(=C/C(=N)N1CCCC1)CNc1ncccc1C(=O)Nc1ccc(C(F)(F)CF)cc1. The molecule has 6 nitrogen and oxygen atoms in total. The molecular weight excluding hydrogens is 455 g/mol. The van der Waals surface area contributed by atoms with Crippen LogP contribution in [-0.2, 0) is 5.92 Å². The van der Waals surface area contributed by atoms with E-state index in [0.717, 1.165) is 50.1 Å². The van der Waals surface area contributed by atoms with E-state index in [4.69, 9.17) is 5.41 Å². The van der Waals surface area contributed by atoms with Crippen molar-refractivity contribution in [1.82, 2.24) is 9.88 Å². The first kappa shape index (κ1) is 26.0. The summed E-state index contributed by atoms with van der Waals surface area (Å²) in [5.41, 5.74) is 0.999. The Balaban J connectivity index is 1.71. The molecule has 1 aliphatic heterocycles. The summed E-state index contributed by atoms with van der Waals surface area (Å²) in [6.07, 6.45) is 10.4. The van der Waals surface area contributed by atoms with E-state index in [9.17, 15) is 18.0 Å². The number of amidine groups is 1. The second-order valence-electron chi connectivity index (χ2n) is 8.23. The van der Waals surface area contributed by atoms with Gasteiger partial charge in [0.15, 0.2) is 6.67 Å². The minimum Gasteiger partial charge on any atom is -0.365 e. The number of nitrogens with one attached hydrogen (secondary N) is 3. The number of carbonyl (C=O) groups excluding carboxylic acids is 1. The molecule has 1 saturated heterocycles. The Hall–Kier alpha value is -3.62. The highest BCUT2D eigenvalue weighted by Crippen LogP contribution is 2.29. The maximum atomic E-state index is 13.5. The third-order valence-electron chi connectivity index (χ3n) is 5.58. The largest absolute Gasteiger partial charge is 0.365 e. The molecule has 0 bridgehead atoms. The maximum absolute atomic E-state index is 13.5. The van der Waals surface area contributed by atoms with E-state index in [1.54, 1.807) is 18.3 Å². The normalized spacial score (nSPS) is 14.4. The van der Waals surface area contributed by atoms with Crippen LogP contribution in [0.5, 0.6) is 0 Å². The summed E-state index contributed by atoms with van der Waals surface area (Å²) in [7, 11) is 0. The van der Waals surface area contributed by atoms with Crippen molar-refractivity contribution in [2.75, 3.05) is 36.9 Å². The predicted molar refractivity (Wildman–Crippen MR) is 133 cm³/mol. The number of rotatable bonds is 10. The Bertz CT molecular complexity index is 1080. The molecule has 9 heteroatoms. The van der Waals surface area contributed by atoms with Gasteiger partial charge in [0.25, 0.3) is 5.91 Å². The fourth-order valence-electron chi connectivity index (χ4n) is 3.64. The second-order valence-corrected chi connectivity index (χ2v) is 8.23. The topological polar surface area (TPSA) is 81.1 Å². The number of benzene rings is 1. The molecule has 2 heterocycles. The van der Waals surface area contributed by atoms with E-state index in [1.807, 2.05) is 30.1 Å². The van der Waals surface area contributed by atoms with Gasteiger partial charge in [0.2, 0.25) is 0 Å². The van der Waals surface area contributed by atoms with E-state index >= 15 is 0 Å². The number of hydrogen-bond acceptors (Lipinski definition) is 4. The van der Waals surface area contributed by atoms with Crippen LogP contribution in [0.1, 0.15) is 42.1 Å². The standard InChI is InChI=1S/C26H30F3N5O/c1-2-3-7-19(16-23(30)34-14-4-5-15-34)17-32-24-22(8-6-13-31-24)25(35)33-21-11-9-20(10-12-21)26(28,29)18-27/h3,6-13,16,30H,2,4-5,14-15,17-18H2,1H3,(H,31,32)(H,33,35)/b7-3-,19-16+,30-23?. The molecule has 186 valence electrons. The quantitative estimate of drug-likeness (QED) is 0.227. The highest BCUT2D eigenvalue weighted by Gasteiger charge is 2.31. The zero-order valence-electron chi connectivity index (χ0n) is 19.7. The fraction of sp³-hybridized carbons (Fsp3) is 0.346. The first-order valence-corrected chi connectivity index (χ1v) is 11.6. The summed E-state index contributed by atoms with van der Waals surface area (Å²) in [6.45, 7) is 2.36. The molecule has 0 aliphatic carbocycles. The van der Waals surface area contributed by atoms with Crippen LogP contribution in [0.3, 0.4) is 0 Å². The van der Waals surface area contributed by atoms with Gasteiger partial charge in [-0.15, -0.1) is 0 Å². The zero-order valence-corrected chi connectivity index (χ0v) is 19.7. The summed E-state index contributed by atoms with van der Waals surface area (Å²) >= 11 is 0. The monoisotopic (exact) mass is 485 g/mol. The molecule has 3 N–H and O–H groups in total. The predicted octanol–water partition coefficient (Wildman–Crippen LogP) is 5.77. The van der Waals surface area contributed by atoms with Gasteiger partial charge in [-0.05, 0) is 55.2 Å². The van der Waals surface area contributed by atoms with Crippen LogP contribution in [0.4, 0.5) is 24.7 Å². The molecule has 2 aromatic rings. The molecule has 1 aromatic carbocycles. The van der Waals surface area contributed by atoms with Gasteiger partial charge in [-0.1, -0.05) is 31.2 Å². The van der Waals surface area contributed by atoms with Crippen molar-refractivity contribution in [3.05, 3.63) is 77.5 Å². The van der Waals surface area contributed by atoms with Crippen LogP contribution in [0.2, 0.25) is 0 Å². The Morgan fingerprint density at radius 2 is 1.91 bits per heavy atom. The van der Waals surface area contributed by atoms with Crippen molar-refractivity contribution in [3.8, 4) is 0 Å². The average Bonchev–Trinajstić information content (AvgIpc) is 3.41. The molecule has 0 saturated carbocycles. The van der Waals surface area contributed by atoms with Crippen molar-refractivity contribution in [2.24, 2.45) is 0 Å². The van der Waals surface area contributed by atoms with Gasteiger partial charge >= 0.3 is 5.92 Å². The molecule has 1 aliphatic rings. The number of alkyl halides is 3. The van der Waals surface area contributed by atoms with E-state index < -0.39 is 24.1 Å². The van der Waals surface area contributed by atoms with Crippen LogP contribution in [0.25, 0.3) is 0 Å². The summed E-state index contributed by atoms with van der Waals surface area (Å²) in [5, 5.41) is 14.2. The summed E-state index contributed by atoms with van der Waals surface area (Å²) in [6, 6.07) is 8.02. The lowest BCUT2D eigenvalue weighted by Gasteiger charge is -2.17. The van der Waals surface area contributed by atoms with Gasteiger partial charge in [-0.25, -0.2) is 9.37 Å². The lowest BCUT2D eigenvalue weighted by atomic mass is 10.1. The highest BCUT2D eigenvalue weighted by atomic mass is 19.3. The number of aromatic nitrogens is 1. The van der Waals surface area contributed by atoms with E-state index in [-0.39, 0.29) is 5.56 Å². The van der Waals surface area contributed by atoms with Crippen molar-refractivity contribution < 1.29 is 18.0 Å². The van der Waals surface area contributed by atoms with E-state index in [2.05, 4.69) is 15.6 Å². The maximum Gasteiger partial charge on any atom is 0.301 e. The summed E-state index contributed by atoms with van der Waals surface area (Å²) in [5.74, 6) is -3.22. The van der Waals surface area contributed by atoms with E-state index in [1.165, 1.54) is 12.1 Å². The number of likely N-dealkylation sites (tertiary alicyclic amines) is 1. The fourth-order valence-corrected chi connectivity index (χ4v) is 3.64. The van der Waals surface area contributed by atoms with E-state index in [0.29, 0.717) is 23.9 Å². The zero-order chi connectivity index (χ0) is 25.3. The molecule has 35 heavy (non-hydrogen) atoms. The second kappa shape index (κ2) is 12.2. The van der Waals surface area contributed by atoms with Gasteiger partial charge < -0.3 is 15.5 Å². The lowest BCUT2D eigenvalue weighted by molar-refractivity contribution is -0.0280. The molecule has 0 atom stereocenters. The smallest absolute Gasteiger partial charge is 0.301 e. The first-order valence-electron chi connectivity index (χ1n) is 11.6. The minimum absolute atomic E-state index is 0.277. The number of carbonyl (C=O) groups is 1. The first-order chi connectivity index (χ1) is 16.8. The molecule has 0 radical (unpaired) electrons. The van der Waals surface area contributed by atoms with Gasteiger partial charge in [-0.3, -0.25) is 10.2 Å². The number of hydrogen-bond donors (Lipinski definition) is 3. The van der Waals surface area contributed by atoms with Crippen molar-refractivity contribution >= 4 is 23.2 Å². The molecule has 1 aromatic heterocycles. The number of nitrogens with zero attached hydrogens (tertiary/aromatic N) is 2. The Kier molecular flexibility index (Phi) is 9.05. The Labute approximate surface area is 203 Å². The van der Waals surface area contributed by atoms with Crippen molar-refractivity contribution in [3.63, 3.8) is 0 Å². The molecule has 0 spiro atoms. The highest BCUT2D eigenvalue weighted by molar-refractivity contribution is 6.07. The molecule has 0 unspecified atom stereocenters. The van der Waals surface area contributed by atoms with Crippen LogP contribution < -0.4 is 10.6 Å². The minimum atomic E-state index is -3.56. The van der Waals surface area contributed by atoms with Gasteiger partial charge in [0, 0.05) is 37.1 Å². The molecule has 1 fully saturated rings. The third-order valence-corrected chi connectivity index (χ3v) is 5.58. The van der Waals surface area contributed by atoms with Crippen LogP contribution in [0.15, 0.2) is 66.4 Å². The van der Waals surface area contributed by atoms with Gasteiger partial charge in [-0.2, -0.15) is 8.78 Å². The molecule has 1 amide bonds. The number of amides is 1. The lowest BCUT2D eigenvalue weighted by Crippen LogP contribution is -2.25. The average molecular weight is 486 g/mol. The number of anilines is 2. The van der Waals surface area contributed by atoms with Crippen LogP contribution in [-0.4, -0.2) is 47.9 Å². The Morgan fingerprint density at radius 3 is 2.57 bits per heavy atom. The van der Waals surface area contributed by atoms with Gasteiger partial charge in [0.1, 0.15) is 11.7 Å². The van der Waals surface area contributed by atoms with Crippen molar-refractivity contribution in [1.29, 1.82) is 5.41 Å². The van der Waals surface area contributed by atoms with Gasteiger partial charge in [0.05, 0.1) is 5.56 Å². The Morgan fingerprint density at radius 1 is 1.20 bits per heavy atom. The summed E-state index contributed by atoms with van der Waals surface area (Å²) < 4.78 is 39.5. The molecule has 3 rings (SSSR count). The number of allylic oxidation sites excluding steroid dienone is 1. The number of halogens is 3. The third kappa shape index (κ3) is 7.18. The number of pyridine rings is 1. The summed E-state index contributed by atoms with van der Waals surface area (Å²) in [4.78, 5) is 19.2. The van der Waals surface area contributed by atoms with Crippen molar-refractivity contribution in [2.45, 2.75) is 32.1 Å². The molecular formula is C26H30F3N5O. The van der Waals surface area contributed by atoms with Crippen LogP contribution >= 0.6 is 0 Å².